The van der Waals surface area contributed by atoms with E-state index >= 15 is 0 Å². The Labute approximate surface area is 367 Å². The first-order valence-electron chi connectivity index (χ1n) is 21.6. The van der Waals surface area contributed by atoms with Crippen LogP contribution in [0.3, 0.4) is 0 Å². The molecule has 2 aliphatic rings. The third-order valence-electron chi connectivity index (χ3n) is 12.9. The normalized spacial score (nSPS) is 15.5. The Hall–Kier alpha value is -3.90. The summed E-state index contributed by atoms with van der Waals surface area (Å²) in [5.41, 5.74) is 13.3. The van der Waals surface area contributed by atoms with Gasteiger partial charge in [-0.1, -0.05) is 79.6 Å². The van der Waals surface area contributed by atoms with E-state index in [1.807, 2.05) is 6.20 Å². The number of hydrogen-bond donors (Lipinski definition) is 0. The number of halogens is 1. The number of hydrogen-bond acceptors (Lipinski definition) is 3. The van der Waals surface area contributed by atoms with Gasteiger partial charge >= 0.3 is 141 Å². The molecule has 0 saturated heterocycles. The SMILES string of the molecule is Cc1cccc(C)c1-c1ccc2c(c1)oc1cc(-c3cc(C(C)C4CCCCC4)ccn3)[c-]cc12.[CH3][Ge]([CH3])([CH3])[c]1cnc(-c2[c-]ccc(F)c2)cc1CC1CCCC1.[Ir]. The van der Waals surface area contributed by atoms with Crippen molar-refractivity contribution in [3.63, 3.8) is 0 Å². The Kier molecular flexibility index (Phi) is 13.8. The number of fused-ring (bicyclic) bond motifs is 3. The summed E-state index contributed by atoms with van der Waals surface area (Å²) in [5, 5.41) is 2.23. The van der Waals surface area contributed by atoms with Crippen LogP contribution in [-0.2, 0) is 26.5 Å². The average Bonchev–Trinajstić information content (AvgIpc) is 3.88. The third kappa shape index (κ3) is 9.85. The maximum absolute atomic E-state index is 13.5. The second-order valence-corrected chi connectivity index (χ2v) is 28.7. The zero-order chi connectivity index (χ0) is 40.4. The van der Waals surface area contributed by atoms with Gasteiger partial charge in [-0.25, -0.2) is 0 Å². The summed E-state index contributed by atoms with van der Waals surface area (Å²) >= 11 is -1.96. The van der Waals surface area contributed by atoms with Gasteiger partial charge in [0.25, 0.3) is 0 Å². The molecule has 1 atom stereocenters. The molecule has 307 valence electrons. The molecule has 59 heavy (non-hydrogen) atoms. The summed E-state index contributed by atoms with van der Waals surface area (Å²) in [7, 11) is 0. The van der Waals surface area contributed by atoms with E-state index in [1.165, 1.54) is 108 Å². The van der Waals surface area contributed by atoms with Crippen LogP contribution in [0.25, 0.3) is 55.6 Å². The molecular formula is C53H57FGeIrN2O-2. The van der Waals surface area contributed by atoms with Crippen LogP contribution in [0, 0.1) is 43.6 Å². The van der Waals surface area contributed by atoms with Crippen molar-refractivity contribution in [3.8, 4) is 33.6 Å². The minimum Gasteiger partial charge on any atom is 0 e. The van der Waals surface area contributed by atoms with Crippen LogP contribution in [0.5, 0.6) is 0 Å². The average molecular weight is 1020 g/mol. The van der Waals surface area contributed by atoms with Gasteiger partial charge < -0.3 is 9.40 Å². The molecule has 1 unspecified atom stereocenters. The number of aryl methyl sites for hydroxylation is 2. The van der Waals surface area contributed by atoms with Gasteiger partial charge in [0.2, 0.25) is 0 Å². The van der Waals surface area contributed by atoms with Crippen molar-refractivity contribution < 1.29 is 28.9 Å². The van der Waals surface area contributed by atoms with E-state index in [0.29, 0.717) is 5.92 Å². The van der Waals surface area contributed by atoms with Gasteiger partial charge in [-0.3, -0.25) is 0 Å². The van der Waals surface area contributed by atoms with Crippen molar-refractivity contribution in [3.05, 3.63) is 138 Å². The molecule has 0 spiro atoms. The fraction of sp³-hybridized carbons (Fsp3) is 0.358. The fourth-order valence-corrected chi connectivity index (χ4v) is 13.0. The van der Waals surface area contributed by atoms with Gasteiger partial charge in [-0.05, 0) is 84.0 Å². The molecule has 7 aromatic rings. The van der Waals surface area contributed by atoms with Gasteiger partial charge in [0.15, 0.2) is 0 Å². The van der Waals surface area contributed by atoms with Gasteiger partial charge in [0.05, 0.1) is 5.58 Å². The van der Waals surface area contributed by atoms with Crippen LogP contribution >= 0.6 is 0 Å². The predicted octanol–water partition coefficient (Wildman–Crippen LogP) is 14.4. The molecule has 0 aliphatic heterocycles. The quantitative estimate of drug-likeness (QED) is 0.112. The maximum atomic E-state index is 13.5. The van der Waals surface area contributed by atoms with Crippen LogP contribution in [0.1, 0.15) is 92.9 Å². The van der Waals surface area contributed by atoms with Gasteiger partial charge in [0.1, 0.15) is 5.58 Å². The van der Waals surface area contributed by atoms with Crippen molar-refractivity contribution in [1.82, 2.24) is 9.97 Å². The van der Waals surface area contributed by atoms with Crippen molar-refractivity contribution in [2.75, 3.05) is 0 Å². The Balaban J connectivity index is 0.000000192. The standard InChI is InChI=1S/C33H32NO.C20H25FGeN.Ir/c1-21-8-7-9-22(2)33(21)27-13-15-29-28-14-12-26(19-31(28)35-32(29)20-27)30-18-25(16-17-34-30)23(3)24-10-5-4-6-11-24;1-22(2,3)19-14-23-20(16-9-6-10-18(21)12-16)13-17(19)11-15-7-4-5-8-15;/h7-9,13-20,23-24H,4-6,10-11H2,1-3H3;6,10,12-15H,4-5,7-8,11H2,1-3H3;/q2*-1;. The van der Waals surface area contributed by atoms with Crippen molar-refractivity contribution in [1.29, 1.82) is 0 Å². The minimum atomic E-state index is -1.96. The third-order valence-corrected chi connectivity index (χ3v) is 17.3. The molecule has 0 N–H and O–H groups in total. The van der Waals surface area contributed by atoms with E-state index in [4.69, 9.17) is 9.40 Å². The Morgan fingerprint density at radius 3 is 2.19 bits per heavy atom. The van der Waals surface area contributed by atoms with Crippen LogP contribution in [-0.4, -0.2) is 23.2 Å². The van der Waals surface area contributed by atoms with Crippen LogP contribution < -0.4 is 4.40 Å². The summed E-state index contributed by atoms with van der Waals surface area (Å²) in [6.07, 6.45) is 17.4. The number of benzene rings is 4. The molecule has 0 bridgehead atoms. The summed E-state index contributed by atoms with van der Waals surface area (Å²) in [4.78, 5) is 9.34. The first-order valence-corrected chi connectivity index (χ1v) is 28.9. The second kappa shape index (κ2) is 18.8. The Morgan fingerprint density at radius 1 is 0.763 bits per heavy atom. The molecule has 2 fully saturated rings. The zero-order valence-electron chi connectivity index (χ0n) is 35.6. The largest absolute Gasteiger partial charge is 0 e. The number of nitrogens with zero attached hydrogens (tertiary/aromatic N) is 2. The number of rotatable bonds is 8. The molecular weight excluding hydrogens is 964 g/mol. The molecule has 2 saturated carbocycles. The second-order valence-electron chi connectivity index (χ2n) is 18.1. The summed E-state index contributed by atoms with van der Waals surface area (Å²) in [6, 6.07) is 35.1. The van der Waals surface area contributed by atoms with Gasteiger partial charge in [0, 0.05) is 26.3 Å². The van der Waals surface area contributed by atoms with E-state index < -0.39 is 13.3 Å². The molecule has 1 radical (unpaired) electrons. The van der Waals surface area contributed by atoms with Crippen LogP contribution in [0.15, 0.2) is 102 Å². The van der Waals surface area contributed by atoms with E-state index in [2.05, 4.69) is 128 Å². The summed E-state index contributed by atoms with van der Waals surface area (Å²) in [6.45, 7) is 6.72. The number of pyridine rings is 2. The summed E-state index contributed by atoms with van der Waals surface area (Å²) < 4.78 is 21.4. The van der Waals surface area contributed by atoms with E-state index in [-0.39, 0.29) is 25.9 Å². The fourth-order valence-electron chi connectivity index (χ4n) is 9.67. The monoisotopic (exact) mass is 1020 g/mol. The molecule has 6 heteroatoms. The Morgan fingerprint density at radius 2 is 1.46 bits per heavy atom. The predicted molar refractivity (Wildman–Crippen MR) is 243 cm³/mol. The molecule has 3 aromatic heterocycles. The molecule has 2 aliphatic carbocycles. The molecule has 0 amide bonds. The first-order chi connectivity index (χ1) is 28.0. The molecule has 9 rings (SSSR count). The molecule has 4 aromatic carbocycles. The first kappa shape index (κ1) is 43.2. The number of furan rings is 1. The summed E-state index contributed by atoms with van der Waals surface area (Å²) in [5.74, 6) is 9.19. The minimum absolute atomic E-state index is 0. The van der Waals surface area contributed by atoms with E-state index in [9.17, 15) is 4.39 Å². The zero-order valence-corrected chi connectivity index (χ0v) is 40.0. The van der Waals surface area contributed by atoms with Crippen molar-refractivity contribution >= 4 is 39.6 Å². The van der Waals surface area contributed by atoms with Crippen LogP contribution in [0.2, 0.25) is 17.3 Å². The molecule has 3 heterocycles. The van der Waals surface area contributed by atoms with Crippen molar-refractivity contribution in [2.24, 2.45) is 11.8 Å². The van der Waals surface area contributed by atoms with Gasteiger partial charge in [-0.15, -0.1) is 17.7 Å². The van der Waals surface area contributed by atoms with E-state index in [0.717, 1.165) is 62.7 Å². The topological polar surface area (TPSA) is 38.9 Å². The number of aromatic nitrogens is 2. The Bertz CT molecular complexity index is 2520. The van der Waals surface area contributed by atoms with E-state index in [1.54, 1.807) is 6.07 Å². The van der Waals surface area contributed by atoms with Crippen LogP contribution in [0.4, 0.5) is 4.39 Å². The maximum Gasteiger partial charge on any atom is 0 e. The van der Waals surface area contributed by atoms with Gasteiger partial charge in [-0.2, -0.15) is 0 Å². The smallest absolute Gasteiger partial charge is 0 e. The van der Waals surface area contributed by atoms with Crippen molar-refractivity contribution in [2.45, 2.75) is 108 Å². The molecule has 3 nitrogen and oxygen atoms in total.